The van der Waals surface area contributed by atoms with E-state index in [9.17, 15) is 0 Å². The molecule has 0 spiro atoms. The van der Waals surface area contributed by atoms with Gasteiger partial charge in [-0.25, -0.2) is 4.98 Å². The highest BCUT2D eigenvalue weighted by molar-refractivity contribution is 6.28. The van der Waals surface area contributed by atoms with Gasteiger partial charge in [0.15, 0.2) is 0 Å². The molecule has 3 rings (SSSR count). The molecule has 1 atom stereocenters. The average Bonchev–Trinajstić information content (AvgIpc) is 2.46. The summed E-state index contributed by atoms with van der Waals surface area (Å²) in [7, 11) is 0. The Morgan fingerprint density at radius 2 is 2.05 bits per heavy atom. The van der Waals surface area contributed by atoms with E-state index in [2.05, 4.69) is 39.7 Å². The Bertz CT molecular complexity index is 616. The molecule has 1 fully saturated rings. The van der Waals surface area contributed by atoms with Crippen LogP contribution >= 0.6 is 11.6 Å². The predicted molar refractivity (Wildman–Crippen MR) is 83.5 cm³/mol. The van der Waals surface area contributed by atoms with Crippen LogP contribution in [0.3, 0.4) is 0 Å². The van der Waals surface area contributed by atoms with E-state index in [4.69, 9.17) is 11.6 Å². The average molecular weight is 291 g/mol. The van der Waals surface area contributed by atoms with Gasteiger partial charge in [-0.05, 0) is 37.2 Å². The summed E-state index contributed by atoms with van der Waals surface area (Å²) < 4.78 is 0. The van der Waals surface area contributed by atoms with Gasteiger partial charge >= 0.3 is 0 Å². The van der Waals surface area contributed by atoms with Crippen molar-refractivity contribution >= 4 is 28.3 Å². The molecule has 0 saturated carbocycles. The van der Waals surface area contributed by atoms with Crippen LogP contribution in [0.15, 0.2) is 24.3 Å². The lowest BCUT2D eigenvalue weighted by Gasteiger charge is -2.40. The largest absolute Gasteiger partial charge is 0.353 e. The standard InChI is InChI=1S/C15H19ClN4/c1-3-19-8-9-20(10-11(19)2)14-12-6-4-5-7-13(12)17-15(16)18-14/h4-7,11H,3,8-10H2,1-2H3. The van der Waals surface area contributed by atoms with Gasteiger partial charge in [0.05, 0.1) is 5.52 Å². The summed E-state index contributed by atoms with van der Waals surface area (Å²) in [6.07, 6.45) is 0. The van der Waals surface area contributed by atoms with E-state index in [0.29, 0.717) is 11.3 Å². The minimum atomic E-state index is 0.323. The third-order valence-corrected chi connectivity index (χ3v) is 4.20. The first kappa shape index (κ1) is 13.6. The van der Waals surface area contributed by atoms with Crippen LogP contribution < -0.4 is 4.90 Å². The summed E-state index contributed by atoms with van der Waals surface area (Å²) in [5.41, 5.74) is 0.910. The lowest BCUT2D eigenvalue weighted by Crippen LogP contribution is -2.52. The van der Waals surface area contributed by atoms with E-state index in [1.807, 2.05) is 18.2 Å². The third-order valence-electron chi connectivity index (χ3n) is 4.03. The highest BCUT2D eigenvalue weighted by Crippen LogP contribution is 2.27. The zero-order chi connectivity index (χ0) is 14.1. The van der Waals surface area contributed by atoms with Gasteiger partial charge in [-0.1, -0.05) is 19.1 Å². The summed E-state index contributed by atoms with van der Waals surface area (Å²) in [6, 6.07) is 8.58. The normalized spacial score (nSPS) is 20.6. The van der Waals surface area contributed by atoms with Crippen molar-refractivity contribution in [1.29, 1.82) is 0 Å². The Kier molecular flexibility index (Phi) is 3.76. The second-order valence-corrected chi connectivity index (χ2v) is 5.60. The lowest BCUT2D eigenvalue weighted by molar-refractivity contribution is 0.199. The number of hydrogen-bond donors (Lipinski definition) is 0. The van der Waals surface area contributed by atoms with Crippen molar-refractivity contribution in [2.24, 2.45) is 0 Å². The number of anilines is 1. The van der Waals surface area contributed by atoms with E-state index < -0.39 is 0 Å². The molecule has 0 aliphatic carbocycles. The molecule has 5 heteroatoms. The number of halogens is 1. The van der Waals surface area contributed by atoms with Gasteiger partial charge in [-0.3, -0.25) is 4.90 Å². The Morgan fingerprint density at radius 1 is 1.25 bits per heavy atom. The van der Waals surface area contributed by atoms with Crippen molar-refractivity contribution in [1.82, 2.24) is 14.9 Å². The van der Waals surface area contributed by atoms with Crippen LogP contribution in [-0.4, -0.2) is 47.1 Å². The van der Waals surface area contributed by atoms with Crippen LogP contribution in [-0.2, 0) is 0 Å². The SMILES string of the molecule is CCN1CCN(c2nc(Cl)nc3ccccc23)CC1C. The van der Waals surface area contributed by atoms with Gasteiger partial charge in [0.1, 0.15) is 5.82 Å². The van der Waals surface area contributed by atoms with E-state index >= 15 is 0 Å². The minimum Gasteiger partial charge on any atom is -0.353 e. The van der Waals surface area contributed by atoms with E-state index in [0.717, 1.165) is 42.9 Å². The molecule has 1 unspecified atom stereocenters. The van der Waals surface area contributed by atoms with Crippen molar-refractivity contribution in [2.75, 3.05) is 31.1 Å². The van der Waals surface area contributed by atoms with Crippen molar-refractivity contribution in [3.63, 3.8) is 0 Å². The van der Waals surface area contributed by atoms with Crippen molar-refractivity contribution in [3.8, 4) is 0 Å². The molecule has 4 nitrogen and oxygen atoms in total. The topological polar surface area (TPSA) is 32.3 Å². The Hall–Kier alpha value is -1.39. The third kappa shape index (κ3) is 2.45. The van der Waals surface area contributed by atoms with Crippen LogP contribution in [0.25, 0.3) is 10.9 Å². The summed E-state index contributed by atoms with van der Waals surface area (Å²) in [6.45, 7) is 8.60. The summed E-state index contributed by atoms with van der Waals surface area (Å²) in [4.78, 5) is 13.6. The number of benzene rings is 1. The monoisotopic (exact) mass is 290 g/mol. The fourth-order valence-corrected chi connectivity index (χ4v) is 3.10. The fraction of sp³-hybridized carbons (Fsp3) is 0.467. The molecule has 106 valence electrons. The maximum absolute atomic E-state index is 6.08. The number of nitrogens with zero attached hydrogens (tertiary/aromatic N) is 4. The summed E-state index contributed by atoms with van der Waals surface area (Å²) >= 11 is 6.08. The number of fused-ring (bicyclic) bond motifs is 1. The molecule has 1 aromatic carbocycles. The smallest absolute Gasteiger partial charge is 0.224 e. The highest BCUT2D eigenvalue weighted by Gasteiger charge is 2.24. The zero-order valence-electron chi connectivity index (χ0n) is 11.9. The molecule has 1 saturated heterocycles. The van der Waals surface area contributed by atoms with Gasteiger partial charge < -0.3 is 4.90 Å². The minimum absolute atomic E-state index is 0.323. The Balaban J connectivity index is 1.98. The van der Waals surface area contributed by atoms with Gasteiger partial charge in [0, 0.05) is 31.1 Å². The predicted octanol–water partition coefficient (Wildman–Crippen LogP) is 2.81. The molecule has 0 N–H and O–H groups in total. The number of rotatable bonds is 2. The number of piperazine rings is 1. The van der Waals surface area contributed by atoms with Crippen LogP contribution in [0.5, 0.6) is 0 Å². The molecule has 0 radical (unpaired) electrons. The maximum Gasteiger partial charge on any atom is 0.224 e. The number of aromatic nitrogens is 2. The molecular weight excluding hydrogens is 272 g/mol. The second-order valence-electron chi connectivity index (χ2n) is 5.26. The van der Waals surface area contributed by atoms with Crippen LogP contribution in [0.1, 0.15) is 13.8 Å². The molecular formula is C15H19ClN4. The van der Waals surface area contributed by atoms with Crippen LogP contribution in [0.4, 0.5) is 5.82 Å². The number of likely N-dealkylation sites (N-methyl/N-ethyl adjacent to an activating group) is 1. The van der Waals surface area contributed by atoms with Crippen molar-refractivity contribution < 1.29 is 0 Å². The van der Waals surface area contributed by atoms with E-state index in [1.165, 1.54) is 0 Å². The first-order valence-corrected chi connectivity index (χ1v) is 7.48. The second kappa shape index (κ2) is 5.54. The first-order valence-electron chi connectivity index (χ1n) is 7.10. The molecule has 0 bridgehead atoms. The molecule has 1 aliphatic heterocycles. The molecule has 1 aliphatic rings. The molecule has 0 amide bonds. The van der Waals surface area contributed by atoms with E-state index in [1.54, 1.807) is 0 Å². The maximum atomic E-state index is 6.08. The van der Waals surface area contributed by atoms with Gasteiger partial charge in [-0.15, -0.1) is 0 Å². The van der Waals surface area contributed by atoms with Crippen molar-refractivity contribution in [3.05, 3.63) is 29.5 Å². The van der Waals surface area contributed by atoms with Crippen molar-refractivity contribution in [2.45, 2.75) is 19.9 Å². The quantitative estimate of drug-likeness (QED) is 0.796. The first-order chi connectivity index (χ1) is 9.69. The number of para-hydroxylation sites is 1. The van der Waals surface area contributed by atoms with E-state index in [-0.39, 0.29) is 0 Å². The molecule has 2 aromatic rings. The van der Waals surface area contributed by atoms with Crippen LogP contribution in [0.2, 0.25) is 5.28 Å². The van der Waals surface area contributed by atoms with Gasteiger partial charge in [-0.2, -0.15) is 4.98 Å². The fourth-order valence-electron chi connectivity index (χ4n) is 2.93. The molecule has 20 heavy (non-hydrogen) atoms. The Morgan fingerprint density at radius 3 is 2.80 bits per heavy atom. The van der Waals surface area contributed by atoms with Gasteiger partial charge in [0.2, 0.25) is 5.28 Å². The summed E-state index contributed by atoms with van der Waals surface area (Å²) in [5, 5.41) is 1.40. The summed E-state index contributed by atoms with van der Waals surface area (Å²) in [5.74, 6) is 0.961. The molecule has 1 aromatic heterocycles. The lowest BCUT2D eigenvalue weighted by atomic mass is 10.1. The Labute approximate surface area is 124 Å². The van der Waals surface area contributed by atoms with Gasteiger partial charge in [0.25, 0.3) is 0 Å². The molecule has 2 heterocycles. The zero-order valence-corrected chi connectivity index (χ0v) is 12.6. The number of hydrogen-bond acceptors (Lipinski definition) is 4. The van der Waals surface area contributed by atoms with Crippen LogP contribution in [0, 0.1) is 0 Å². The highest BCUT2D eigenvalue weighted by atomic mass is 35.5.